The van der Waals surface area contributed by atoms with Crippen molar-refractivity contribution in [2.45, 2.75) is 25.3 Å². The fraction of sp³-hybridized carbons (Fsp3) is 0.259. The van der Waals surface area contributed by atoms with E-state index in [0.717, 1.165) is 41.1 Å². The summed E-state index contributed by atoms with van der Waals surface area (Å²) in [5.74, 6) is 1.32. The quantitative estimate of drug-likeness (QED) is 0.390. The van der Waals surface area contributed by atoms with E-state index in [4.69, 9.17) is 43.1 Å². The number of guanidine groups is 1. The van der Waals surface area contributed by atoms with Gasteiger partial charge in [-0.3, -0.25) is 9.89 Å². The lowest BCUT2D eigenvalue weighted by atomic mass is 9.81. The van der Waals surface area contributed by atoms with E-state index >= 15 is 0 Å². The molecule has 0 saturated carbocycles. The van der Waals surface area contributed by atoms with E-state index in [0.29, 0.717) is 29.0 Å². The van der Waals surface area contributed by atoms with Crippen molar-refractivity contribution < 1.29 is 12.6 Å². The molecule has 2 aliphatic rings. The minimum Gasteiger partial charge on any atom is -0.382 e. The Morgan fingerprint density at radius 1 is 1.00 bits per heavy atom. The maximum atomic E-state index is 12.2. The van der Waals surface area contributed by atoms with Gasteiger partial charge in [0.15, 0.2) is 11.5 Å². The molecule has 0 spiro atoms. The summed E-state index contributed by atoms with van der Waals surface area (Å²) >= 11 is 12.6. The summed E-state index contributed by atoms with van der Waals surface area (Å²) in [6.07, 6.45) is 1.35. The van der Waals surface area contributed by atoms with Gasteiger partial charge in [0.2, 0.25) is 0 Å². The molecule has 10 heteroatoms. The third kappa shape index (κ3) is 4.93. The van der Waals surface area contributed by atoms with Crippen LogP contribution < -0.4 is 9.92 Å². The summed E-state index contributed by atoms with van der Waals surface area (Å²) in [6.45, 7) is 3.17. The van der Waals surface area contributed by atoms with Crippen molar-refractivity contribution in [3.63, 3.8) is 0 Å². The Morgan fingerprint density at radius 2 is 1.73 bits per heavy atom. The molecule has 1 atom stereocenters. The number of hydrogen-bond acceptors (Lipinski definition) is 7. The molecule has 1 unspecified atom stereocenters. The third-order valence-corrected chi connectivity index (χ3v) is 8.16. The lowest BCUT2D eigenvalue weighted by Crippen LogP contribution is -2.46. The second-order valence-electron chi connectivity index (χ2n) is 9.00. The van der Waals surface area contributed by atoms with E-state index in [-0.39, 0.29) is 11.5 Å². The van der Waals surface area contributed by atoms with Crippen LogP contribution in [0.1, 0.15) is 30.9 Å². The van der Waals surface area contributed by atoms with Crippen molar-refractivity contribution in [3.8, 4) is 16.9 Å². The number of rotatable bonds is 7. The zero-order valence-electron chi connectivity index (χ0n) is 20.2. The average molecular weight is 558 g/mol. The Bertz CT molecular complexity index is 1490. The van der Waals surface area contributed by atoms with Crippen molar-refractivity contribution in [1.82, 2.24) is 4.90 Å². The van der Waals surface area contributed by atoms with Crippen molar-refractivity contribution in [2.75, 3.05) is 18.8 Å². The molecule has 0 aromatic heterocycles. The fourth-order valence-electron chi connectivity index (χ4n) is 4.81. The zero-order valence-corrected chi connectivity index (χ0v) is 22.5. The fourth-order valence-corrected chi connectivity index (χ4v) is 6.32. The van der Waals surface area contributed by atoms with E-state index in [9.17, 15) is 8.42 Å². The maximum Gasteiger partial charge on any atom is 0.309 e. The smallest absolute Gasteiger partial charge is 0.309 e. The Hall–Kier alpha value is -3.07. The van der Waals surface area contributed by atoms with Crippen molar-refractivity contribution in [3.05, 3.63) is 87.9 Å². The monoisotopic (exact) mass is 556 g/mol. The molecule has 37 heavy (non-hydrogen) atoms. The molecule has 2 aliphatic heterocycles. The third-order valence-electron chi connectivity index (χ3n) is 6.37. The number of nitrogens with zero attached hydrogens (tertiary/aromatic N) is 3. The molecule has 2 N–H and O–H groups in total. The predicted molar refractivity (Wildman–Crippen MR) is 149 cm³/mol. The summed E-state index contributed by atoms with van der Waals surface area (Å²) in [6, 6.07) is 20.3. The second-order valence-corrected chi connectivity index (χ2v) is 11.6. The van der Waals surface area contributed by atoms with Crippen LogP contribution in [0.4, 0.5) is 0 Å². The number of aliphatic imine (C=N–C) groups is 2. The Kier molecular flexibility index (Phi) is 6.91. The van der Waals surface area contributed by atoms with E-state index in [2.05, 4.69) is 0 Å². The molecular formula is C27H26Cl2N4O3S. The average Bonchev–Trinajstić information content (AvgIpc) is 3.17. The first-order chi connectivity index (χ1) is 17.7. The SMILES string of the molecule is CCCS(=O)(=O)Oc1ccc(C2(c3cccc(-c4cc(Cl)cc(Cl)c4)c3)N=C(N)N3CCCN=C32)cc1. The first kappa shape index (κ1) is 25.6. The van der Waals surface area contributed by atoms with Gasteiger partial charge in [0.05, 0.1) is 5.75 Å². The second kappa shape index (κ2) is 10.0. The van der Waals surface area contributed by atoms with Crippen molar-refractivity contribution >= 4 is 45.1 Å². The number of amidine groups is 1. The maximum absolute atomic E-state index is 12.2. The summed E-state index contributed by atoms with van der Waals surface area (Å²) in [4.78, 5) is 11.8. The number of halogens is 2. The minimum absolute atomic E-state index is 0.0500. The van der Waals surface area contributed by atoms with Crippen LogP contribution in [0.3, 0.4) is 0 Å². The zero-order chi connectivity index (χ0) is 26.2. The van der Waals surface area contributed by atoms with Crippen LogP contribution in [0.15, 0.2) is 76.7 Å². The number of hydrogen-bond donors (Lipinski definition) is 1. The van der Waals surface area contributed by atoms with Crippen LogP contribution in [0, 0.1) is 0 Å². The van der Waals surface area contributed by atoms with Crippen LogP contribution in [-0.4, -0.2) is 44.0 Å². The molecule has 7 nitrogen and oxygen atoms in total. The van der Waals surface area contributed by atoms with Gasteiger partial charge in [0, 0.05) is 23.1 Å². The highest BCUT2D eigenvalue weighted by Gasteiger charge is 2.49. The highest BCUT2D eigenvalue weighted by Crippen LogP contribution is 2.43. The molecule has 0 amide bonds. The van der Waals surface area contributed by atoms with E-state index in [1.165, 1.54) is 0 Å². The van der Waals surface area contributed by atoms with Crippen LogP contribution in [0.25, 0.3) is 11.1 Å². The summed E-state index contributed by atoms with van der Waals surface area (Å²) < 4.78 is 29.6. The molecule has 2 heterocycles. The van der Waals surface area contributed by atoms with Gasteiger partial charge in [0.1, 0.15) is 11.6 Å². The Labute approximate surface area is 226 Å². The lowest BCUT2D eigenvalue weighted by Gasteiger charge is -2.33. The molecular weight excluding hydrogens is 531 g/mol. The number of benzene rings is 3. The van der Waals surface area contributed by atoms with Gasteiger partial charge in [-0.1, -0.05) is 60.5 Å². The summed E-state index contributed by atoms with van der Waals surface area (Å²) in [5, 5.41) is 1.09. The standard InChI is InChI=1S/C27H26Cl2N4O3S/c1-2-13-37(34,35)36-24-9-7-20(8-10-24)27(25-31-11-4-12-33(25)26(30)32-27)21-6-3-5-18(14-21)19-15-22(28)17-23(29)16-19/h3,5-10,14-17H,2,4,11-13H2,1H3,(H2,30,32). The van der Waals surface area contributed by atoms with Crippen molar-refractivity contribution in [2.24, 2.45) is 15.7 Å². The highest BCUT2D eigenvalue weighted by molar-refractivity contribution is 7.87. The molecule has 192 valence electrons. The molecule has 0 radical (unpaired) electrons. The Balaban J connectivity index is 1.64. The van der Waals surface area contributed by atoms with Gasteiger partial charge < -0.3 is 9.92 Å². The van der Waals surface area contributed by atoms with Gasteiger partial charge in [-0.05, 0) is 71.5 Å². The number of fused-ring (bicyclic) bond motifs is 1. The molecule has 0 bridgehead atoms. The van der Waals surface area contributed by atoms with Gasteiger partial charge in [-0.2, -0.15) is 8.42 Å². The van der Waals surface area contributed by atoms with Gasteiger partial charge >= 0.3 is 10.1 Å². The number of nitrogens with two attached hydrogens (primary N) is 1. The molecule has 0 fully saturated rings. The first-order valence-electron chi connectivity index (χ1n) is 12.0. The molecule has 3 aromatic rings. The van der Waals surface area contributed by atoms with Crippen LogP contribution in [0.2, 0.25) is 10.0 Å². The van der Waals surface area contributed by atoms with Crippen LogP contribution >= 0.6 is 23.2 Å². The van der Waals surface area contributed by atoms with Gasteiger partial charge in [-0.25, -0.2) is 4.99 Å². The predicted octanol–water partition coefficient (Wildman–Crippen LogP) is 5.46. The van der Waals surface area contributed by atoms with Gasteiger partial charge in [-0.15, -0.1) is 0 Å². The topological polar surface area (TPSA) is 97.3 Å². The van der Waals surface area contributed by atoms with Crippen molar-refractivity contribution in [1.29, 1.82) is 0 Å². The summed E-state index contributed by atoms with van der Waals surface area (Å²) in [5.41, 5.74) is 8.86. The molecule has 3 aromatic carbocycles. The van der Waals surface area contributed by atoms with Crippen LogP contribution in [0.5, 0.6) is 5.75 Å². The van der Waals surface area contributed by atoms with Gasteiger partial charge in [0.25, 0.3) is 0 Å². The normalized spacial score (nSPS) is 19.3. The van der Waals surface area contributed by atoms with E-state index in [1.54, 1.807) is 25.1 Å². The molecule has 5 rings (SSSR count). The lowest BCUT2D eigenvalue weighted by molar-refractivity contribution is 0.484. The largest absolute Gasteiger partial charge is 0.382 e. The first-order valence-corrected chi connectivity index (χ1v) is 14.3. The van der Waals surface area contributed by atoms with E-state index in [1.807, 2.05) is 53.4 Å². The minimum atomic E-state index is -3.66. The molecule has 0 saturated heterocycles. The molecule has 0 aliphatic carbocycles. The van der Waals surface area contributed by atoms with E-state index < -0.39 is 15.7 Å². The van der Waals surface area contributed by atoms with Crippen LogP contribution in [-0.2, 0) is 15.7 Å². The Morgan fingerprint density at radius 3 is 2.43 bits per heavy atom. The summed E-state index contributed by atoms with van der Waals surface area (Å²) in [7, 11) is -3.66. The highest BCUT2D eigenvalue weighted by atomic mass is 35.5.